The van der Waals surface area contributed by atoms with E-state index < -0.39 is 0 Å². The van der Waals surface area contributed by atoms with Gasteiger partial charge >= 0.3 is 0 Å². The predicted octanol–water partition coefficient (Wildman–Crippen LogP) is 1.58. The maximum atomic E-state index is 5.46. The van der Waals surface area contributed by atoms with E-state index in [0.29, 0.717) is 13.2 Å². The molecule has 1 rings (SSSR count). The standard InChI is InChI=1S/C18H35N5O2/c1-14(13-17-15(2)22-23(5)16(17)3)21-18(19-4)20-9-7-8-10-25-12-11-24-6/h14H,7-13H2,1-6H3,(H2,19,20,21). The average Bonchev–Trinajstić information content (AvgIpc) is 2.82. The van der Waals surface area contributed by atoms with Gasteiger partial charge < -0.3 is 20.1 Å². The number of methoxy groups -OCH3 is 1. The van der Waals surface area contributed by atoms with Crippen LogP contribution in [-0.4, -0.2) is 62.3 Å². The van der Waals surface area contributed by atoms with E-state index in [0.717, 1.165) is 44.1 Å². The van der Waals surface area contributed by atoms with Gasteiger partial charge in [0.2, 0.25) is 0 Å². The fraction of sp³-hybridized carbons (Fsp3) is 0.778. The molecular formula is C18H35N5O2. The smallest absolute Gasteiger partial charge is 0.191 e. The van der Waals surface area contributed by atoms with Crippen molar-refractivity contribution in [1.82, 2.24) is 20.4 Å². The minimum atomic E-state index is 0.283. The second-order valence-electron chi connectivity index (χ2n) is 6.33. The zero-order chi connectivity index (χ0) is 18.7. The van der Waals surface area contributed by atoms with Crippen molar-refractivity contribution in [1.29, 1.82) is 0 Å². The zero-order valence-corrected chi connectivity index (χ0v) is 16.7. The molecule has 25 heavy (non-hydrogen) atoms. The Kier molecular flexibility index (Phi) is 10.2. The Balaban J connectivity index is 2.26. The normalized spacial score (nSPS) is 13.1. The number of ether oxygens (including phenoxy) is 2. The SMILES string of the molecule is CN=C(NCCCCOCCOC)NC(C)Cc1c(C)nn(C)c1C. The summed E-state index contributed by atoms with van der Waals surface area (Å²) in [5, 5.41) is 11.3. The number of rotatable bonds is 11. The van der Waals surface area contributed by atoms with E-state index in [4.69, 9.17) is 9.47 Å². The quantitative estimate of drug-likeness (QED) is 0.359. The van der Waals surface area contributed by atoms with Gasteiger partial charge in [-0.15, -0.1) is 0 Å². The number of nitrogens with one attached hydrogen (secondary N) is 2. The van der Waals surface area contributed by atoms with E-state index in [-0.39, 0.29) is 6.04 Å². The lowest BCUT2D eigenvalue weighted by molar-refractivity contribution is 0.0689. The molecule has 1 aromatic heterocycles. The number of nitrogens with zero attached hydrogens (tertiary/aromatic N) is 3. The number of aryl methyl sites for hydroxylation is 2. The molecule has 1 atom stereocenters. The Hall–Kier alpha value is -1.60. The number of aliphatic imine (C=N–C) groups is 1. The molecule has 0 bridgehead atoms. The van der Waals surface area contributed by atoms with Crippen LogP contribution in [0.1, 0.15) is 36.7 Å². The van der Waals surface area contributed by atoms with Crippen LogP contribution in [0.4, 0.5) is 0 Å². The summed E-state index contributed by atoms with van der Waals surface area (Å²) in [7, 11) is 5.48. The fourth-order valence-corrected chi connectivity index (χ4v) is 2.68. The first kappa shape index (κ1) is 21.4. The molecular weight excluding hydrogens is 318 g/mol. The monoisotopic (exact) mass is 353 g/mol. The first-order valence-corrected chi connectivity index (χ1v) is 9.02. The minimum absolute atomic E-state index is 0.283. The topological polar surface area (TPSA) is 72.7 Å². The highest BCUT2D eigenvalue weighted by Gasteiger charge is 2.13. The van der Waals surface area contributed by atoms with Gasteiger partial charge in [-0.2, -0.15) is 5.10 Å². The molecule has 0 saturated heterocycles. The number of guanidine groups is 1. The molecule has 7 nitrogen and oxygen atoms in total. The molecule has 1 aromatic rings. The van der Waals surface area contributed by atoms with Gasteiger partial charge in [-0.1, -0.05) is 0 Å². The minimum Gasteiger partial charge on any atom is -0.382 e. The first-order chi connectivity index (χ1) is 12.0. The van der Waals surface area contributed by atoms with Crippen molar-refractivity contribution in [2.45, 2.75) is 46.1 Å². The van der Waals surface area contributed by atoms with Crippen molar-refractivity contribution in [2.24, 2.45) is 12.0 Å². The molecule has 0 amide bonds. The zero-order valence-electron chi connectivity index (χ0n) is 16.7. The average molecular weight is 354 g/mol. The van der Waals surface area contributed by atoms with Crippen molar-refractivity contribution in [3.63, 3.8) is 0 Å². The third kappa shape index (κ3) is 7.88. The summed E-state index contributed by atoms with van der Waals surface area (Å²) in [5.74, 6) is 0.840. The molecule has 7 heteroatoms. The predicted molar refractivity (Wildman–Crippen MR) is 102 cm³/mol. The fourth-order valence-electron chi connectivity index (χ4n) is 2.68. The van der Waals surface area contributed by atoms with E-state index in [1.54, 1.807) is 14.2 Å². The lowest BCUT2D eigenvalue weighted by atomic mass is 10.1. The Morgan fingerprint density at radius 2 is 2.00 bits per heavy atom. The molecule has 0 aliphatic heterocycles. The summed E-state index contributed by atoms with van der Waals surface area (Å²) in [4.78, 5) is 4.30. The summed E-state index contributed by atoms with van der Waals surface area (Å²) in [6.07, 6.45) is 3.00. The maximum absolute atomic E-state index is 5.46. The molecule has 2 N–H and O–H groups in total. The Labute approximate surface area is 152 Å². The number of unbranched alkanes of at least 4 members (excludes halogenated alkanes) is 1. The molecule has 0 spiro atoms. The van der Waals surface area contributed by atoms with Gasteiger partial charge in [0.05, 0.1) is 18.9 Å². The third-order valence-corrected chi connectivity index (χ3v) is 4.22. The summed E-state index contributed by atoms with van der Waals surface area (Å²) in [6.45, 7) is 9.32. The van der Waals surface area contributed by atoms with E-state index in [2.05, 4.69) is 41.5 Å². The Morgan fingerprint density at radius 3 is 2.60 bits per heavy atom. The highest BCUT2D eigenvalue weighted by Crippen LogP contribution is 2.14. The van der Waals surface area contributed by atoms with Crippen LogP contribution in [0.2, 0.25) is 0 Å². The largest absolute Gasteiger partial charge is 0.382 e. The van der Waals surface area contributed by atoms with Gasteiger partial charge in [-0.25, -0.2) is 0 Å². The van der Waals surface area contributed by atoms with Crippen LogP contribution >= 0.6 is 0 Å². The van der Waals surface area contributed by atoms with E-state index in [1.165, 1.54) is 11.3 Å². The number of aromatic nitrogens is 2. The van der Waals surface area contributed by atoms with Crippen LogP contribution in [-0.2, 0) is 22.9 Å². The summed E-state index contributed by atoms with van der Waals surface area (Å²) >= 11 is 0. The van der Waals surface area contributed by atoms with E-state index in [9.17, 15) is 0 Å². The van der Waals surface area contributed by atoms with Gasteiger partial charge in [0.1, 0.15) is 0 Å². The van der Waals surface area contributed by atoms with E-state index in [1.807, 2.05) is 11.7 Å². The van der Waals surface area contributed by atoms with Crippen molar-refractivity contribution in [3.05, 3.63) is 17.0 Å². The van der Waals surface area contributed by atoms with Crippen molar-refractivity contribution in [3.8, 4) is 0 Å². The van der Waals surface area contributed by atoms with Gasteiger partial charge in [0.25, 0.3) is 0 Å². The second-order valence-corrected chi connectivity index (χ2v) is 6.33. The van der Waals surface area contributed by atoms with Crippen LogP contribution in [0.15, 0.2) is 4.99 Å². The number of hydrogen-bond acceptors (Lipinski definition) is 4. The van der Waals surface area contributed by atoms with Crippen LogP contribution in [0, 0.1) is 13.8 Å². The van der Waals surface area contributed by atoms with Gasteiger partial charge in [-0.3, -0.25) is 9.67 Å². The molecule has 0 radical (unpaired) electrons. The van der Waals surface area contributed by atoms with Crippen molar-refractivity contribution < 1.29 is 9.47 Å². The molecule has 0 aliphatic rings. The molecule has 0 aliphatic carbocycles. The van der Waals surface area contributed by atoms with Crippen LogP contribution in [0.3, 0.4) is 0 Å². The Bertz CT molecular complexity index is 528. The summed E-state index contributed by atoms with van der Waals surface area (Å²) in [6, 6.07) is 0.283. The molecule has 1 heterocycles. The van der Waals surface area contributed by atoms with Gasteiger partial charge in [0.15, 0.2) is 5.96 Å². The summed E-state index contributed by atoms with van der Waals surface area (Å²) < 4.78 is 12.3. The lowest BCUT2D eigenvalue weighted by Gasteiger charge is -2.18. The van der Waals surface area contributed by atoms with Crippen molar-refractivity contribution in [2.75, 3.05) is 40.5 Å². The second kappa shape index (κ2) is 11.9. The van der Waals surface area contributed by atoms with Crippen LogP contribution in [0.5, 0.6) is 0 Å². The first-order valence-electron chi connectivity index (χ1n) is 9.02. The van der Waals surface area contributed by atoms with Gasteiger partial charge in [-0.05, 0) is 45.6 Å². The summed E-state index contributed by atoms with van der Waals surface area (Å²) in [5.41, 5.74) is 3.64. The highest BCUT2D eigenvalue weighted by atomic mass is 16.5. The molecule has 144 valence electrons. The Morgan fingerprint density at radius 1 is 1.24 bits per heavy atom. The molecule has 0 fully saturated rings. The molecule has 0 aromatic carbocycles. The maximum Gasteiger partial charge on any atom is 0.191 e. The third-order valence-electron chi connectivity index (χ3n) is 4.22. The van der Waals surface area contributed by atoms with Crippen LogP contribution < -0.4 is 10.6 Å². The van der Waals surface area contributed by atoms with Gasteiger partial charge in [0, 0.05) is 46.1 Å². The van der Waals surface area contributed by atoms with Crippen LogP contribution in [0.25, 0.3) is 0 Å². The molecule has 1 unspecified atom stereocenters. The number of hydrogen-bond donors (Lipinski definition) is 2. The van der Waals surface area contributed by atoms with E-state index >= 15 is 0 Å². The lowest BCUT2D eigenvalue weighted by Crippen LogP contribution is -2.43. The molecule has 0 saturated carbocycles. The van der Waals surface area contributed by atoms with Crippen molar-refractivity contribution >= 4 is 5.96 Å². The highest BCUT2D eigenvalue weighted by molar-refractivity contribution is 5.79.